The summed E-state index contributed by atoms with van der Waals surface area (Å²) in [6.07, 6.45) is 0.961. The molecule has 0 atom stereocenters. The maximum absolute atomic E-state index is 12.5. The number of anilines is 2. The number of carbonyl (C=O) groups is 1. The molecule has 0 spiro atoms. The lowest BCUT2D eigenvalue weighted by Gasteiger charge is -2.26. The molecule has 24 heavy (non-hydrogen) atoms. The summed E-state index contributed by atoms with van der Waals surface area (Å²) in [5, 5.41) is 3.01. The fourth-order valence-electron chi connectivity index (χ4n) is 2.50. The fraction of sp³-hybridized carbons (Fsp3) is 0.350. The van der Waals surface area contributed by atoms with E-state index in [1.807, 2.05) is 62.6 Å². The number of nitrogens with one attached hydrogen (secondary N) is 1. The molecule has 0 saturated carbocycles. The Labute approximate surface area is 145 Å². The number of hydrogen-bond acceptors (Lipinski definition) is 3. The first-order valence-electron chi connectivity index (χ1n) is 8.42. The van der Waals surface area contributed by atoms with Gasteiger partial charge in [-0.15, -0.1) is 0 Å². The van der Waals surface area contributed by atoms with Gasteiger partial charge in [-0.3, -0.25) is 4.79 Å². The molecular weight excluding hydrogens is 298 g/mol. The smallest absolute Gasteiger partial charge is 0.243 e. The van der Waals surface area contributed by atoms with Gasteiger partial charge in [0.2, 0.25) is 5.91 Å². The van der Waals surface area contributed by atoms with Crippen molar-refractivity contribution >= 4 is 17.3 Å². The summed E-state index contributed by atoms with van der Waals surface area (Å²) in [6.45, 7) is 4.15. The molecule has 2 aromatic rings. The number of amides is 1. The summed E-state index contributed by atoms with van der Waals surface area (Å²) in [7, 11) is 4.08. The summed E-state index contributed by atoms with van der Waals surface area (Å²) in [6, 6.07) is 18.1. The van der Waals surface area contributed by atoms with Gasteiger partial charge in [0.1, 0.15) is 0 Å². The third-order valence-corrected chi connectivity index (χ3v) is 3.89. The van der Waals surface area contributed by atoms with Crippen molar-refractivity contribution < 1.29 is 4.79 Å². The van der Waals surface area contributed by atoms with Crippen LogP contribution in [0.2, 0.25) is 0 Å². The largest absolute Gasteiger partial charge is 0.361 e. The lowest BCUT2D eigenvalue weighted by molar-refractivity contribution is -0.115. The van der Waals surface area contributed by atoms with Crippen molar-refractivity contribution in [1.82, 2.24) is 4.90 Å². The lowest BCUT2D eigenvalue weighted by Crippen LogP contribution is -2.37. The number of likely N-dealkylation sites (N-methyl/N-ethyl adjacent to an activating group) is 1. The second-order valence-electron chi connectivity index (χ2n) is 6.16. The summed E-state index contributed by atoms with van der Waals surface area (Å²) in [5.74, 6) is 0.00543. The molecule has 4 nitrogen and oxygen atoms in total. The minimum Gasteiger partial charge on any atom is -0.361 e. The molecule has 1 N–H and O–H groups in total. The average Bonchev–Trinajstić information content (AvgIpc) is 2.59. The van der Waals surface area contributed by atoms with Crippen molar-refractivity contribution in [3.63, 3.8) is 0 Å². The van der Waals surface area contributed by atoms with Crippen LogP contribution in [-0.4, -0.2) is 44.5 Å². The van der Waals surface area contributed by atoms with Crippen molar-refractivity contribution in [1.29, 1.82) is 0 Å². The second-order valence-corrected chi connectivity index (χ2v) is 6.16. The van der Waals surface area contributed by atoms with E-state index in [0.29, 0.717) is 6.54 Å². The van der Waals surface area contributed by atoms with E-state index in [2.05, 4.69) is 28.1 Å². The molecule has 0 aliphatic carbocycles. The molecule has 0 aromatic heterocycles. The van der Waals surface area contributed by atoms with Crippen molar-refractivity contribution in [2.75, 3.05) is 43.9 Å². The summed E-state index contributed by atoms with van der Waals surface area (Å²) in [4.78, 5) is 16.7. The summed E-state index contributed by atoms with van der Waals surface area (Å²) in [5.41, 5.74) is 3.15. The van der Waals surface area contributed by atoms with Crippen LogP contribution in [0.3, 0.4) is 0 Å². The predicted octanol–water partition coefficient (Wildman–Crippen LogP) is 3.26. The maximum atomic E-state index is 12.5. The molecule has 0 radical (unpaired) electrons. The Morgan fingerprint density at radius 2 is 1.75 bits per heavy atom. The third kappa shape index (κ3) is 5.70. The molecule has 0 bridgehead atoms. The Kier molecular flexibility index (Phi) is 6.82. The highest BCUT2D eigenvalue weighted by molar-refractivity contribution is 5.94. The minimum absolute atomic E-state index is 0.00543. The van der Waals surface area contributed by atoms with E-state index < -0.39 is 0 Å². The van der Waals surface area contributed by atoms with E-state index in [4.69, 9.17) is 0 Å². The highest BCUT2D eigenvalue weighted by Crippen LogP contribution is 2.14. The maximum Gasteiger partial charge on any atom is 0.243 e. The Hall–Kier alpha value is -2.33. The molecule has 1 amide bonds. The molecule has 128 valence electrons. The van der Waals surface area contributed by atoms with Gasteiger partial charge in [-0.1, -0.05) is 37.3 Å². The van der Waals surface area contributed by atoms with Crippen LogP contribution in [0, 0.1) is 0 Å². The SMILES string of the molecule is CCc1cccc(NC(=O)CN(CCN(C)C)c2ccccc2)c1. The highest BCUT2D eigenvalue weighted by atomic mass is 16.2. The van der Waals surface area contributed by atoms with E-state index in [1.165, 1.54) is 5.56 Å². The molecule has 0 fully saturated rings. The number of para-hydroxylation sites is 1. The van der Waals surface area contributed by atoms with Gasteiger partial charge >= 0.3 is 0 Å². The van der Waals surface area contributed by atoms with E-state index >= 15 is 0 Å². The lowest BCUT2D eigenvalue weighted by atomic mass is 10.1. The monoisotopic (exact) mass is 325 g/mol. The van der Waals surface area contributed by atoms with Crippen molar-refractivity contribution in [2.45, 2.75) is 13.3 Å². The molecule has 0 aliphatic rings. The first kappa shape index (κ1) is 18.0. The van der Waals surface area contributed by atoms with E-state index in [0.717, 1.165) is 30.9 Å². The minimum atomic E-state index is 0.00543. The quantitative estimate of drug-likeness (QED) is 0.809. The molecule has 0 unspecified atom stereocenters. The Bertz CT molecular complexity index is 640. The van der Waals surface area contributed by atoms with Gasteiger partial charge in [0.05, 0.1) is 6.54 Å². The van der Waals surface area contributed by atoms with Crippen LogP contribution in [-0.2, 0) is 11.2 Å². The number of carbonyl (C=O) groups excluding carboxylic acids is 1. The number of nitrogens with zero attached hydrogens (tertiary/aromatic N) is 2. The van der Waals surface area contributed by atoms with Gasteiger partial charge in [0, 0.05) is 24.5 Å². The standard InChI is InChI=1S/C20H27N3O/c1-4-17-9-8-10-18(15-17)21-20(24)16-23(14-13-22(2)3)19-11-6-5-7-12-19/h5-12,15H,4,13-14,16H2,1-3H3,(H,21,24). The molecule has 2 rings (SSSR count). The zero-order valence-electron chi connectivity index (χ0n) is 14.8. The topological polar surface area (TPSA) is 35.6 Å². The van der Waals surface area contributed by atoms with Gasteiger partial charge in [0.15, 0.2) is 0 Å². The van der Waals surface area contributed by atoms with Gasteiger partial charge in [-0.25, -0.2) is 0 Å². The van der Waals surface area contributed by atoms with Crippen LogP contribution in [0.1, 0.15) is 12.5 Å². The second kappa shape index (κ2) is 9.08. The number of hydrogen-bond donors (Lipinski definition) is 1. The highest BCUT2D eigenvalue weighted by Gasteiger charge is 2.12. The Balaban J connectivity index is 2.03. The Morgan fingerprint density at radius 1 is 1.00 bits per heavy atom. The van der Waals surface area contributed by atoms with E-state index in [9.17, 15) is 4.79 Å². The number of benzene rings is 2. The molecular formula is C20H27N3O. The Morgan fingerprint density at radius 3 is 2.42 bits per heavy atom. The van der Waals surface area contributed by atoms with Gasteiger partial charge in [0.25, 0.3) is 0 Å². The summed E-state index contributed by atoms with van der Waals surface area (Å²) < 4.78 is 0. The molecule has 4 heteroatoms. The molecule has 2 aromatic carbocycles. The first-order chi connectivity index (χ1) is 11.6. The number of rotatable bonds is 8. The van der Waals surface area contributed by atoms with Crippen LogP contribution < -0.4 is 10.2 Å². The molecule has 0 saturated heterocycles. The normalized spacial score (nSPS) is 10.7. The third-order valence-electron chi connectivity index (χ3n) is 3.89. The van der Waals surface area contributed by atoms with Crippen LogP contribution in [0.4, 0.5) is 11.4 Å². The summed E-state index contributed by atoms with van der Waals surface area (Å²) >= 11 is 0. The van der Waals surface area contributed by atoms with Gasteiger partial charge in [-0.2, -0.15) is 0 Å². The van der Waals surface area contributed by atoms with Crippen LogP contribution in [0.25, 0.3) is 0 Å². The molecule has 0 heterocycles. The average molecular weight is 325 g/mol. The zero-order chi connectivity index (χ0) is 17.4. The van der Waals surface area contributed by atoms with E-state index in [1.54, 1.807) is 0 Å². The van der Waals surface area contributed by atoms with Gasteiger partial charge < -0.3 is 15.1 Å². The van der Waals surface area contributed by atoms with Crippen molar-refractivity contribution in [2.24, 2.45) is 0 Å². The first-order valence-corrected chi connectivity index (χ1v) is 8.42. The van der Waals surface area contributed by atoms with Gasteiger partial charge in [-0.05, 0) is 50.3 Å². The van der Waals surface area contributed by atoms with Crippen LogP contribution in [0.15, 0.2) is 54.6 Å². The fourth-order valence-corrected chi connectivity index (χ4v) is 2.50. The van der Waals surface area contributed by atoms with Crippen molar-refractivity contribution in [3.8, 4) is 0 Å². The van der Waals surface area contributed by atoms with Crippen molar-refractivity contribution in [3.05, 3.63) is 60.2 Å². The van der Waals surface area contributed by atoms with Crippen LogP contribution in [0.5, 0.6) is 0 Å². The van der Waals surface area contributed by atoms with Crippen LogP contribution >= 0.6 is 0 Å². The van der Waals surface area contributed by atoms with E-state index in [-0.39, 0.29) is 5.91 Å². The predicted molar refractivity (Wildman–Crippen MR) is 102 cm³/mol. The zero-order valence-corrected chi connectivity index (χ0v) is 14.8. The number of aryl methyl sites for hydroxylation is 1. The molecule has 0 aliphatic heterocycles.